The van der Waals surface area contributed by atoms with Crippen molar-refractivity contribution < 1.29 is 0 Å². The highest BCUT2D eigenvalue weighted by atomic mass is 15.2. The summed E-state index contributed by atoms with van der Waals surface area (Å²) in [4.78, 5) is 9.31. The predicted molar refractivity (Wildman–Crippen MR) is 98.6 cm³/mol. The van der Waals surface area contributed by atoms with Crippen molar-refractivity contribution in [2.24, 2.45) is 0 Å². The predicted octanol–water partition coefficient (Wildman–Crippen LogP) is 4.77. The van der Waals surface area contributed by atoms with Crippen molar-refractivity contribution in [1.29, 1.82) is 0 Å². The van der Waals surface area contributed by atoms with E-state index in [1.165, 1.54) is 18.4 Å². The lowest BCUT2D eigenvalue weighted by molar-refractivity contribution is 1.06. The van der Waals surface area contributed by atoms with E-state index in [2.05, 4.69) is 51.8 Å². The fourth-order valence-corrected chi connectivity index (χ4v) is 2.61. The maximum Gasteiger partial charge on any atom is 0.225 e. The van der Waals surface area contributed by atoms with Crippen LogP contribution < -0.4 is 10.6 Å². The van der Waals surface area contributed by atoms with Gasteiger partial charge in [0.1, 0.15) is 5.82 Å². The number of aryl methyl sites for hydroxylation is 1. The molecule has 0 aliphatic heterocycles. The maximum atomic E-state index is 4.68. The van der Waals surface area contributed by atoms with Gasteiger partial charge in [0.15, 0.2) is 0 Å². The monoisotopic (exact) mass is 316 g/mol. The number of nitrogens with zero attached hydrogens (tertiary/aromatic N) is 2. The van der Waals surface area contributed by atoms with Gasteiger partial charge >= 0.3 is 0 Å². The van der Waals surface area contributed by atoms with Gasteiger partial charge in [0.2, 0.25) is 5.95 Å². The van der Waals surface area contributed by atoms with E-state index in [0.29, 0.717) is 12.0 Å². The van der Waals surface area contributed by atoms with E-state index in [-0.39, 0.29) is 0 Å². The molecule has 1 fully saturated rings. The van der Waals surface area contributed by atoms with E-state index in [4.69, 9.17) is 0 Å². The lowest BCUT2D eigenvalue weighted by Crippen LogP contribution is -2.07. The number of aromatic nitrogens is 2. The highest BCUT2D eigenvalue weighted by Crippen LogP contribution is 2.27. The molecule has 120 valence electrons. The SMILES string of the molecule is Cc1cccc(Nc2cc(-c3ccccc3)nc(NC3CC3)n2)c1. The molecular weight excluding hydrogens is 296 g/mol. The first-order valence-corrected chi connectivity index (χ1v) is 8.31. The van der Waals surface area contributed by atoms with Gasteiger partial charge in [-0.1, -0.05) is 42.5 Å². The van der Waals surface area contributed by atoms with Crippen molar-refractivity contribution in [2.45, 2.75) is 25.8 Å². The van der Waals surface area contributed by atoms with Crippen LogP contribution in [0.5, 0.6) is 0 Å². The van der Waals surface area contributed by atoms with Crippen LogP contribution in [0.15, 0.2) is 60.7 Å². The molecule has 1 heterocycles. The molecule has 0 amide bonds. The molecule has 1 aliphatic carbocycles. The molecule has 4 rings (SSSR count). The molecule has 0 bridgehead atoms. The molecule has 2 aromatic carbocycles. The second-order valence-electron chi connectivity index (χ2n) is 6.24. The van der Waals surface area contributed by atoms with Gasteiger partial charge in [-0.15, -0.1) is 0 Å². The Bertz CT molecular complexity index is 841. The maximum absolute atomic E-state index is 4.68. The third-order valence-corrected chi connectivity index (χ3v) is 4.00. The van der Waals surface area contributed by atoms with Gasteiger partial charge < -0.3 is 10.6 Å². The molecule has 1 aromatic heterocycles. The Balaban J connectivity index is 1.69. The van der Waals surface area contributed by atoms with Gasteiger partial charge in [0.05, 0.1) is 5.69 Å². The Morgan fingerprint density at radius 3 is 2.50 bits per heavy atom. The third-order valence-electron chi connectivity index (χ3n) is 4.00. The normalized spacial score (nSPS) is 13.5. The van der Waals surface area contributed by atoms with Crippen molar-refractivity contribution in [1.82, 2.24) is 9.97 Å². The summed E-state index contributed by atoms with van der Waals surface area (Å²) in [5, 5.41) is 6.80. The minimum absolute atomic E-state index is 0.517. The second-order valence-corrected chi connectivity index (χ2v) is 6.24. The van der Waals surface area contributed by atoms with Crippen molar-refractivity contribution in [2.75, 3.05) is 10.6 Å². The summed E-state index contributed by atoms with van der Waals surface area (Å²) in [7, 11) is 0. The Morgan fingerprint density at radius 2 is 1.75 bits per heavy atom. The summed E-state index contributed by atoms with van der Waals surface area (Å²) in [5.74, 6) is 1.49. The molecule has 3 aromatic rings. The molecule has 0 unspecified atom stereocenters. The summed E-state index contributed by atoms with van der Waals surface area (Å²) in [6, 6.07) is 21.0. The molecule has 0 spiro atoms. The summed E-state index contributed by atoms with van der Waals surface area (Å²) >= 11 is 0. The quantitative estimate of drug-likeness (QED) is 0.712. The topological polar surface area (TPSA) is 49.8 Å². The number of rotatable bonds is 5. The smallest absolute Gasteiger partial charge is 0.225 e. The van der Waals surface area contributed by atoms with Gasteiger partial charge in [0.25, 0.3) is 0 Å². The molecule has 0 atom stereocenters. The van der Waals surface area contributed by atoms with Gasteiger partial charge in [-0.3, -0.25) is 0 Å². The first kappa shape index (κ1) is 14.7. The van der Waals surface area contributed by atoms with Crippen LogP contribution in [0.4, 0.5) is 17.5 Å². The molecule has 2 N–H and O–H groups in total. The van der Waals surface area contributed by atoms with E-state index >= 15 is 0 Å². The molecule has 0 radical (unpaired) electrons. The zero-order chi connectivity index (χ0) is 16.4. The Hall–Kier alpha value is -2.88. The number of benzene rings is 2. The van der Waals surface area contributed by atoms with E-state index in [9.17, 15) is 0 Å². The minimum Gasteiger partial charge on any atom is -0.351 e. The lowest BCUT2D eigenvalue weighted by Gasteiger charge is -2.11. The van der Waals surface area contributed by atoms with Crippen LogP contribution in [0.3, 0.4) is 0 Å². The van der Waals surface area contributed by atoms with Crippen molar-refractivity contribution in [3.63, 3.8) is 0 Å². The zero-order valence-corrected chi connectivity index (χ0v) is 13.7. The van der Waals surface area contributed by atoms with Crippen LogP contribution in [0, 0.1) is 6.92 Å². The molecule has 4 heteroatoms. The largest absolute Gasteiger partial charge is 0.351 e. The number of nitrogens with one attached hydrogen (secondary N) is 2. The van der Waals surface area contributed by atoms with Crippen LogP contribution in [0.1, 0.15) is 18.4 Å². The first-order chi connectivity index (χ1) is 11.8. The van der Waals surface area contributed by atoms with Gasteiger partial charge in [-0.2, -0.15) is 4.98 Å². The van der Waals surface area contributed by atoms with Gasteiger partial charge in [0, 0.05) is 23.4 Å². The standard InChI is InChI=1S/C20H20N4/c1-14-6-5-9-17(12-14)21-19-13-18(15-7-3-2-4-8-15)23-20(24-19)22-16-10-11-16/h2-9,12-13,16H,10-11H2,1H3,(H2,21,22,23,24). The first-order valence-electron chi connectivity index (χ1n) is 8.31. The third kappa shape index (κ3) is 3.54. The molecule has 4 nitrogen and oxygen atoms in total. The van der Waals surface area contributed by atoms with Crippen LogP contribution in [-0.2, 0) is 0 Å². The molecular formula is C20H20N4. The molecule has 24 heavy (non-hydrogen) atoms. The number of anilines is 3. The van der Waals surface area contributed by atoms with E-state index in [0.717, 1.165) is 22.8 Å². The fraction of sp³-hybridized carbons (Fsp3) is 0.200. The Kier molecular flexibility index (Phi) is 3.87. The fourth-order valence-electron chi connectivity index (χ4n) is 2.61. The second kappa shape index (κ2) is 6.32. The zero-order valence-electron chi connectivity index (χ0n) is 13.7. The van der Waals surface area contributed by atoms with Crippen molar-refractivity contribution in [3.8, 4) is 11.3 Å². The molecule has 1 aliphatic rings. The van der Waals surface area contributed by atoms with E-state index < -0.39 is 0 Å². The number of hydrogen-bond acceptors (Lipinski definition) is 4. The highest BCUT2D eigenvalue weighted by Gasteiger charge is 2.22. The summed E-state index contributed by atoms with van der Waals surface area (Å²) in [6.07, 6.45) is 2.39. The van der Waals surface area contributed by atoms with Crippen LogP contribution in [0.25, 0.3) is 11.3 Å². The molecule has 0 saturated heterocycles. The highest BCUT2D eigenvalue weighted by molar-refractivity contribution is 5.67. The van der Waals surface area contributed by atoms with E-state index in [1.54, 1.807) is 0 Å². The molecule has 1 saturated carbocycles. The average Bonchev–Trinajstić information content (AvgIpc) is 3.39. The van der Waals surface area contributed by atoms with Crippen LogP contribution >= 0.6 is 0 Å². The average molecular weight is 316 g/mol. The summed E-state index contributed by atoms with van der Waals surface area (Å²) < 4.78 is 0. The van der Waals surface area contributed by atoms with Crippen LogP contribution in [0.2, 0.25) is 0 Å². The Morgan fingerprint density at radius 1 is 0.917 bits per heavy atom. The van der Waals surface area contributed by atoms with Crippen molar-refractivity contribution in [3.05, 3.63) is 66.2 Å². The van der Waals surface area contributed by atoms with Gasteiger partial charge in [-0.25, -0.2) is 4.98 Å². The van der Waals surface area contributed by atoms with Crippen molar-refractivity contribution >= 4 is 17.5 Å². The van der Waals surface area contributed by atoms with E-state index in [1.807, 2.05) is 36.4 Å². The lowest BCUT2D eigenvalue weighted by atomic mass is 10.1. The summed E-state index contributed by atoms with van der Waals surface area (Å²) in [6.45, 7) is 2.08. The number of hydrogen-bond donors (Lipinski definition) is 2. The summed E-state index contributed by atoms with van der Waals surface area (Å²) in [5.41, 5.74) is 4.26. The Labute approximate surface area is 142 Å². The van der Waals surface area contributed by atoms with Crippen LogP contribution in [-0.4, -0.2) is 16.0 Å². The minimum atomic E-state index is 0.517. The van der Waals surface area contributed by atoms with Gasteiger partial charge in [-0.05, 0) is 37.5 Å².